The molecule has 0 aliphatic heterocycles. The molecule has 0 aliphatic carbocycles. The number of fused-ring (bicyclic) bond motifs is 1. The van der Waals surface area contributed by atoms with Crippen molar-refractivity contribution in [1.82, 2.24) is 20.2 Å². The van der Waals surface area contributed by atoms with Gasteiger partial charge in [0.15, 0.2) is 4.34 Å². The quantitative estimate of drug-likeness (QED) is 0.746. The Hall–Kier alpha value is -1.25. The smallest absolute Gasteiger partial charge is 0.206 e. The lowest BCUT2D eigenvalue weighted by molar-refractivity contribution is 0.998. The van der Waals surface area contributed by atoms with E-state index in [0.29, 0.717) is 0 Å². The minimum atomic E-state index is 0.843. The monoisotopic (exact) mass is 295 g/mol. The van der Waals surface area contributed by atoms with Gasteiger partial charge in [-0.25, -0.2) is 9.97 Å². The second kappa shape index (κ2) is 5.17. The fourth-order valence-electron chi connectivity index (χ4n) is 1.41. The molecule has 0 aromatic carbocycles. The maximum atomic E-state index is 4.31. The molecule has 5 nitrogen and oxygen atoms in total. The van der Waals surface area contributed by atoms with E-state index in [0.717, 1.165) is 31.3 Å². The molecular formula is C10H9N5S3. The van der Waals surface area contributed by atoms with Gasteiger partial charge < -0.3 is 5.32 Å². The fraction of sp³-hybridized carbons (Fsp3) is 0.200. The normalized spacial score (nSPS) is 10.9. The highest BCUT2D eigenvalue weighted by Crippen LogP contribution is 2.35. The zero-order chi connectivity index (χ0) is 12.4. The van der Waals surface area contributed by atoms with Crippen LogP contribution in [0.1, 0.15) is 6.92 Å². The first-order chi connectivity index (χ1) is 8.86. The summed E-state index contributed by atoms with van der Waals surface area (Å²) in [5.41, 5.74) is 0. The predicted octanol–water partition coefficient (Wildman–Crippen LogP) is 3.13. The first kappa shape index (κ1) is 11.8. The van der Waals surface area contributed by atoms with Crippen LogP contribution in [0.2, 0.25) is 0 Å². The van der Waals surface area contributed by atoms with Crippen LogP contribution in [-0.4, -0.2) is 26.7 Å². The van der Waals surface area contributed by atoms with Crippen molar-refractivity contribution in [2.45, 2.75) is 16.3 Å². The number of nitrogens with zero attached hydrogens (tertiary/aromatic N) is 4. The van der Waals surface area contributed by atoms with Gasteiger partial charge in [-0.1, -0.05) is 11.3 Å². The highest BCUT2D eigenvalue weighted by molar-refractivity contribution is 8.01. The Morgan fingerprint density at radius 3 is 3.17 bits per heavy atom. The summed E-state index contributed by atoms with van der Waals surface area (Å²) < 4.78 is 0.886. The van der Waals surface area contributed by atoms with Crippen LogP contribution in [0.25, 0.3) is 10.2 Å². The molecule has 1 N–H and O–H groups in total. The van der Waals surface area contributed by atoms with Gasteiger partial charge in [-0.15, -0.1) is 21.5 Å². The van der Waals surface area contributed by atoms with Crippen molar-refractivity contribution in [3.8, 4) is 0 Å². The number of hydrogen-bond acceptors (Lipinski definition) is 8. The molecule has 3 rings (SSSR count). The van der Waals surface area contributed by atoms with Gasteiger partial charge in [0.25, 0.3) is 0 Å². The third kappa shape index (κ3) is 2.31. The fourth-order valence-corrected chi connectivity index (χ4v) is 4.01. The number of nitrogens with one attached hydrogen (secondary N) is 1. The van der Waals surface area contributed by atoms with Crippen molar-refractivity contribution in [2.24, 2.45) is 0 Å². The summed E-state index contributed by atoms with van der Waals surface area (Å²) in [5, 5.41) is 16.2. The minimum absolute atomic E-state index is 0.843. The van der Waals surface area contributed by atoms with Crippen molar-refractivity contribution < 1.29 is 0 Å². The van der Waals surface area contributed by atoms with E-state index in [9.17, 15) is 0 Å². The molecule has 8 heteroatoms. The summed E-state index contributed by atoms with van der Waals surface area (Å²) in [4.78, 5) is 9.54. The molecule has 0 saturated heterocycles. The maximum absolute atomic E-state index is 4.31. The summed E-state index contributed by atoms with van der Waals surface area (Å²) in [7, 11) is 0. The Labute approximate surface area is 116 Å². The third-order valence-electron chi connectivity index (χ3n) is 2.14. The lowest BCUT2D eigenvalue weighted by atomic mass is 10.4. The zero-order valence-electron chi connectivity index (χ0n) is 9.45. The molecule has 0 fully saturated rings. The van der Waals surface area contributed by atoms with Crippen LogP contribution in [0.4, 0.5) is 5.13 Å². The van der Waals surface area contributed by atoms with Crippen LogP contribution in [0.5, 0.6) is 0 Å². The molecule has 0 saturated carbocycles. The molecule has 3 aromatic rings. The Bertz CT molecular complexity index is 662. The van der Waals surface area contributed by atoms with Gasteiger partial charge in [0, 0.05) is 11.9 Å². The summed E-state index contributed by atoms with van der Waals surface area (Å²) >= 11 is 4.68. The lowest BCUT2D eigenvalue weighted by Crippen LogP contribution is -1.94. The molecule has 0 spiro atoms. The Balaban J connectivity index is 1.88. The standard InChI is InChI=1S/C10H9N5S3/c1-2-11-9-14-15-10(18-9)17-8-6-3-4-16-7(6)12-5-13-8/h3-5H,2H2,1H3,(H,11,14). The van der Waals surface area contributed by atoms with Gasteiger partial charge in [-0.2, -0.15) is 0 Å². The van der Waals surface area contributed by atoms with Crippen molar-refractivity contribution in [2.75, 3.05) is 11.9 Å². The molecule has 0 atom stereocenters. The molecule has 0 aliphatic rings. The number of hydrogen-bond donors (Lipinski definition) is 1. The summed E-state index contributed by atoms with van der Waals surface area (Å²) in [5.74, 6) is 0. The van der Waals surface area contributed by atoms with Gasteiger partial charge in [-0.3, -0.25) is 0 Å². The van der Waals surface area contributed by atoms with E-state index in [-0.39, 0.29) is 0 Å². The van der Waals surface area contributed by atoms with E-state index in [1.165, 1.54) is 23.1 Å². The summed E-state index contributed by atoms with van der Waals surface area (Å²) in [6.45, 7) is 2.88. The molecule has 0 bridgehead atoms. The molecule has 0 amide bonds. The van der Waals surface area contributed by atoms with Crippen LogP contribution < -0.4 is 5.32 Å². The highest BCUT2D eigenvalue weighted by Gasteiger charge is 2.10. The van der Waals surface area contributed by atoms with Crippen molar-refractivity contribution in [3.05, 3.63) is 17.8 Å². The summed E-state index contributed by atoms with van der Waals surface area (Å²) in [6, 6.07) is 2.04. The first-order valence-electron chi connectivity index (χ1n) is 5.30. The second-order valence-corrected chi connectivity index (χ2v) is 6.43. The molecule has 3 aromatic heterocycles. The van der Waals surface area contributed by atoms with E-state index in [1.54, 1.807) is 17.7 Å². The van der Waals surface area contributed by atoms with Crippen molar-refractivity contribution in [3.63, 3.8) is 0 Å². The predicted molar refractivity (Wildman–Crippen MR) is 75.6 cm³/mol. The molecule has 18 heavy (non-hydrogen) atoms. The van der Waals surface area contributed by atoms with E-state index in [4.69, 9.17) is 0 Å². The van der Waals surface area contributed by atoms with E-state index in [1.807, 2.05) is 18.4 Å². The van der Waals surface area contributed by atoms with Gasteiger partial charge >= 0.3 is 0 Å². The topological polar surface area (TPSA) is 63.6 Å². The van der Waals surface area contributed by atoms with Gasteiger partial charge in [0.2, 0.25) is 5.13 Å². The number of thiophene rings is 1. The Morgan fingerprint density at radius 2 is 2.28 bits per heavy atom. The van der Waals surface area contributed by atoms with Gasteiger partial charge in [0.1, 0.15) is 16.2 Å². The molecule has 3 heterocycles. The van der Waals surface area contributed by atoms with E-state index in [2.05, 4.69) is 25.5 Å². The largest absolute Gasteiger partial charge is 0.360 e. The van der Waals surface area contributed by atoms with Crippen LogP contribution in [0, 0.1) is 0 Å². The van der Waals surface area contributed by atoms with Gasteiger partial charge in [-0.05, 0) is 30.1 Å². The number of rotatable bonds is 4. The Kier molecular flexibility index (Phi) is 3.39. The van der Waals surface area contributed by atoms with E-state index < -0.39 is 0 Å². The maximum Gasteiger partial charge on any atom is 0.206 e. The van der Waals surface area contributed by atoms with Crippen LogP contribution in [0.15, 0.2) is 27.1 Å². The zero-order valence-corrected chi connectivity index (χ0v) is 11.9. The van der Waals surface area contributed by atoms with E-state index >= 15 is 0 Å². The SMILES string of the molecule is CCNc1nnc(Sc2ncnc3sccc23)s1. The van der Waals surface area contributed by atoms with Crippen LogP contribution >= 0.6 is 34.4 Å². The minimum Gasteiger partial charge on any atom is -0.360 e. The molecular weight excluding hydrogens is 286 g/mol. The second-order valence-electron chi connectivity index (χ2n) is 3.32. The summed E-state index contributed by atoms with van der Waals surface area (Å²) in [6.07, 6.45) is 1.59. The molecule has 0 unspecified atom stereocenters. The number of aromatic nitrogens is 4. The lowest BCUT2D eigenvalue weighted by Gasteiger charge is -1.97. The third-order valence-corrected chi connectivity index (χ3v) is 4.91. The molecule has 0 radical (unpaired) electrons. The Morgan fingerprint density at radius 1 is 1.33 bits per heavy atom. The average molecular weight is 295 g/mol. The average Bonchev–Trinajstić information content (AvgIpc) is 2.99. The van der Waals surface area contributed by atoms with Crippen molar-refractivity contribution in [1.29, 1.82) is 0 Å². The van der Waals surface area contributed by atoms with Crippen LogP contribution in [0.3, 0.4) is 0 Å². The molecule has 92 valence electrons. The van der Waals surface area contributed by atoms with Crippen LogP contribution in [-0.2, 0) is 0 Å². The highest BCUT2D eigenvalue weighted by atomic mass is 32.2. The number of anilines is 1. The van der Waals surface area contributed by atoms with Crippen molar-refractivity contribution >= 4 is 49.8 Å². The van der Waals surface area contributed by atoms with Gasteiger partial charge in [0.05, 0.1) is 0 Å². The first-order valence-corrected chi connectivity index (χ1v) is 7.81.